The van der Waals surface area contributed by atoms with Gasteiger partial charge in [-0.15, -0.1) is 0 Å². The fraction of sp³-hybridized carbons (Fsp3) is 0.576. The van der Waals surface area contributed by atoms with Crippen molar-refractivity contribution in [3.8, 4) is 11.5 Å². The fourth-order valence-corrected chi connectivity index (χ4v) is 5.98. The molecule has 0 aliphatic heterocycles. The number of aliphatic hydroxyl groups is 1. The number of carbonyl (C=O) groups is 2. The van der Waals surface area contributed by atoms with Gasteiger partial charge in [0.15, 0.2) is 8.32 Å². The monoisotopic (exact) mass is 601 g/mol. The average Bonchev–Trinajstić information content (AvgIpc) is 2.94. The highest BCUT2D eigenvalue weighted by molar-refractivity contribution is 6.74. The number of rotatable bonds is 16. The predicted molar refractivity (Wildman–Crippen MR) is 168 cm³/mol. The molecule has 0 aliphatic carbocycles. The Morgan fingerprint density at radius 1 is 0.976 bits per heavy atom. The van der Waals surface area contributed by atoms with E-state index >= 15 is 0 Å². The summed E-state index contributed by atoms with van der Waals surface area (Å²) in [6, 6.07) is 14.3. The summed E-state index contributed by atoms with van der Waals surface area (Å²) < 4.78 is 23.2. The molecule has 0 saturated heterocycles. The van der Waals surface area contributed by atoms with Gasteiger partial charge in [-0.2, -0.15) is 0 Å². The molecular formula is C33H51NO7Si. The Kier molecular flexibility index (Phi) is 13.5. The van der Waals surface area contributed by atoms with Crippen molar-refractivity contribution in [2.24, 2.45) is 5.92 Å². The summed E-state index contributed by atoms with van der Waals surface area (Å²) in [5, 5.41) is 13.0. The van der Waals surface area contributed by atoms with E-state index in [0.717, 1.165) is 30.4 Å². The van der Waals surface area contributed by atoms with E-state index in [-0.39, 0.29) is 36.2 Å². The maximum absolute atomic E-state index is 13.3. The van der Waals surface area contributed by atoms with Gasteiger partial charge in [0.2, 0.25) is 5.91 Å². The van der Waals surface area contributed by atoms with Crippen LogP contribution in [-0.4, -0.2) is 59.3 Å². The number of ether oxygens (including phenoxy) is 3. The van der Waals surface area contributed by atoms with Gasteiger partial charge in [-0.05, 0) is 73.5 Å². The standard InChI is InChI=1S/C33H51NO7Si/c1-23-28(38-5)18-26(19-29(23)39-6)32(41-42(8,9)33(2,3)4)25(17-13-16-24-14-11-10-12-15-24)20-30(36)34-22-27(35)21-31(37)40-7/h10-12,14-15,18-19,25,27,32,35H,13,16-17,20-22H2,1-9H3,(H,34,36)/t25-,27?,32-/m0/s1. The largest absolute Gasteiger partial charge is 0.496 e. The van der Waals surface area contributed by atoms with Crippen molar-refractivity contribution in [1.29, 1.82) is 0 Å². The number of carbonyl (C=O) groups excluding carboxylic acids is 2. The number of esters is 1. The van der Waals surface area contributed by atoms with Gasteiger partial charge in [-0.1, -0.05) is 51.1 Å². The number of methoxy groups -OCH3 is 3. The first-order chi connectivity index (χ1) is 19.7. The first kappa shape index (κ1) is 35.3. The van der Waals surface area contributed by atoms with Crippen LogP contribution in [0, 0.1) is 12.8 Å². The molecule has 1 amide bonds. The minimum Gasteiger partial charge on any atom is -0.496 e. The molecule has 0 radical (unpaired) electrons. The lowest BCUT2D eigenvalue weighted by Crippen LogP contribution is -2.43. The van der Waals surface area contributed by atoms with Crippen LogP contribution in [0.5, 0.6) is 11.5 Å². The topological polar surface area (TPSA) is 103 Å². The number of aliphatic hydroxyl groups excluding tert-OH is 1. The lowest BCUT2D eigenvalue weighted by Gasteiger charge is -2.42. The average molecular weight is 602 g/mol. The van der Waals surface area contributed by atoms with Crippen molar-refractivity contribution < 1.29 is 33.3 Å². The second kappa shape index (κ2) is 16.1. The number of amides is 1. The summed E-state index contributed by atoms with van der Waals surface area (Å²) in [4.78, 5) is 24.9. The van der Waals surface area contributed by atoms with Crippen LogP contribution in [0.2, 0.25) is 18.1 Å². The number of hydrogen-bond acceptors (Lipinski definition) is 7. The van der Waals surface area contributed by atoms with Gasteiger partial charge in [0, 0.05) is 18.5 Å². The zero-order chi connectivity index (χ0) is 31.5. The predicted octanol–water partition coefficient (Wildman–Crippen LogP) is 6.14. The van der Waals surface area contributed by atoms with Crippen LogP contribution < -0.4 is 14.8 Å². The van der Waals surface area contributed by atoms with Crippen LogP contribution in [-0.2, 0) is 25.2 Å². The van der Waals surface area contributed by atoms with Gasteiger partial charge < -0.3 is 29.1 Å². The fourth-order valence-electron chi connectivity index (χ4n) is 4.66. The molecule has 2 aromatic carbocycles. The Morgan fingerprint density at radius 2 is 1.57 bits per heavy atom. The third kappa shape index (κ3) is 10.4. The number of hydrogen-bond donors (Lipinski definition) is 2. The highest BCUT2D eigenvalue weighted by Crippen LogP contribution is 2.45. The van der Waals surface area contributed by atoms with Gasteiger partial charge in [-0.25, -0.2) is 0 Å². The molecule has 2 aromatic rings. The van der Waals surface area contributed by atoms with Crippen molar-refractivity contribution in [1.82, 2.24) is 5.32 Å². The summed E-state index contributed by atoms with van der Waals surface area (Å²) in [6.07, 6.45) is 1.08. The van der Waals surface area contributed by atoms with Gasteiger partial charge in [-0.3, -0.25) is 9.59 Å². The van der Waals surface area contributed by atoms with Gasteiger partial charge in [0.05, 0.1) is 40.0 Å². The normalized spacial score (nSPS) is 14.0. The van der Waals surface area contributed by atoms with Crippen molar-refractivity contribution in [2.45, 2.75) is 90.1 Å². The third-order valence-corrected chi connectivity index (χ3v) is 12.7. The highest BCUT2D eigenvalue weighted by atomic mass is 28.4. The van der Waals surface area contributed by atoms with Crippen LogP contribution in [0.3, 0.4) is 0 Å². The SMILES string of the molecule is COC(=O)CC(O)CNC(=O)C[C@H](CCCc1ccccc1)[C@H](O[Si](C)(C)C(C)(C)C)c1cc(OC)c(C)c(OC)c1. The molecular weight excluding hydrogens is 550 g/mol. The van der Waals surface area contributed by atoms with Gasteiger partial charge >= 0.3 is 5.97 Å². The van der Waals surface area contributed by atoms with E-state index in [1.807, 2.05) is 37.3 Å². The van der Waals surface area contributed by atoms with E-state index in [1.54, 1.807) is 14.2 Å². The van der Waals surface area contributed by atoms with Crippen molar-refractivity contribution in [3.05, 3.63) is 59.2 Å². The molecule has 9 heteroatoms. The zero-order valence-corrected chi connectivity index (χ0v) is 27.9. The first-order valence-corrected chi connectivity index (χ1v) is 17.6. The third-order valence-electron chi connectivity index (χ3n) is 8.25. The van der Waals surface area contributed by atoms with E-state index in [1.165, 1.54) is 12.7 Å². The van der Waals surface area contributed by atoms with Crippen LogP contribution in [0.4, 0.5) is 0 Å². The molecule has 0 heterocycles. The van der Waals surface area contributed by atoms with Crippen LogP contribution in [0.1, 0.15) is 69.2 Å². The number of aryl methyl sites for hydroxylation is 1. The van der Waals surface area contributed by atoms with Crippen molar-refractivity contribution in [2.75, 3.05) is 27.9 Å². The van der Waals surface area contributed by atoms with Crippen LogP contribution in [0.15, 0.2) is 42.5 Å². The molecule has 3 atom stereocenters. The van der Waals surface area contributed by atoms with Gasteiger partial charge in [0.1, 0.15) is 11.5 Å². The molecule has 8 nitrogen and oxygen atoms in total. The van der Waals surface area contributed by atoms with E-state index < -0.39 is 26.5 Å². The summed E-state index contributed by atoms with van der Waals surface area (Å²) in [6.45, 7) is 12.9. The second-order valence-electron chi connectivity index (χ2n) is 12.4. The van der Waals surface area contributed by atoms with E-state index in [2.05, 4.69) is 56.1 Å². The molecule has 42 heavy (non-hydrogen) atoms. The molecule has 0 fully saturated rings. The molecule has 0 aromatic heterocycles. The van der Waals surface area contributed by atoms with E-state index in [0.29, 0.717) is 11.5 Å². The molecule has 0 bridgehead atoms. The lowest BCUT2D eigenvalue weighted by atomic mass is 9.87. The van der Waals surface area contributed by atoms with Crippen molar-refractivity contribution >= 4 is 20.2 Å². The molecule has 0 saturated carbocycles. The minimum atomic E-state index is -2.30. The maximum Gasteiger partial charge on any atom is 0.308 e. The quantitative estimate of drug-likeness (QED) is 0.176. The number of nitrogens with one attached hydrogen (secondary N) is 1. The Balaban J connectivity index is 2.46. The minimum absolute atomic E-state index is 0.0371. The lowest BCUT2D eigenvalue weighted by molar-refractivity contribution is -0.143. The van der Waals surface area contributed by atoms with Crippen LogP contribution >= 0.6 is 0 Å². The molecule has 2 rings (SSSR count). The molecule has 1 unspecified atom stereocenters. The number of benzene rings is 2. The smallest absolute Gasteiger partial charge is 0.308 e. The Morgan fingerprint density at radius 3 is 2.10 bits per heavy atom. The summed E-state index contributed by atoms with van der Waals surface area (Å²) in [5.41, 5.74) is 3.04. The Labute approximate surface area is 253 Å². The Bertz CT molecular complexity index is 1120. The maximum atomic E-state index is 13.3. The summed E-state index contributed by atoms with van der Waals surface area (Å²) in [7, 11) is 2.25. The zero-order valence-electron chi connectivity index (χ0n) is 26.9. The van der Waals surface area contributed by atoms with Crippen LogP contribution in [0.25, 0.3) is 0 Å². The summed E-state index contributed by atoms with van der Waals surface area (Å²) in [5.74, 6) is 0.495. The second-order valence-corrected chi connectivity index (χ2v) is 17.2. The molecule has 0 aliphatic rings. The molecule has 234 valence electrons. The van der Waals surface area contributed by atoms with Crippen molar-refractivity contribution in [3.63, 3.8) is 0 Å². The molecule has 2 N–H and O–H groups in total. The highest BCUT2D eigenvalue weighted by Gasteiger charge is 2.42. The van der Waals surface area contributed by atoms with E-state index in [4.69, 9.17) is 13.9 Å². The molecule has 0 spiro atoms. The van der Waals surface area contributed by atoms with E-state index in [9.17, 15) is 14.7 Å². The first-order valence-electron chi connectivity index (χ1n) is 14.7. The Hall–Kier alpha value is -2.88. The summed E-state index contributed by atoms with van der Waals surface area (Å²) >= 11 is 0. The van der Waals surface area contributed by atoms with Gasteiger partial charge in [0.25, 0.3) is 0 Å².